The number of hydrogen-bond acceptors (Lipinski definition) is 4. The van der Waals surface area contributed by atoms with Crippen molar-refractivity contribution in [2.75, 3.05) is 11.1 Å². The molecule has 3 rings (SSSR count). The van der Waals surface area contributed by atoms with E-state index in [9.17, 15) is 0 Å². The minimum Gasteiger partial charge on any atom is -0.396 e. The van der Waals surface area contributed by atoms with E-state index in [1.165, 1.54) is 10.1 Å². The Morgan fingerprint density at radius 1 is 1.22 bits per heavy atom. The van der Waals surface area contributed by atoms with Gasteiger partial charge in [0.2, 0.25) is 0 Å². The Morgan fingerprint density at radius 2 is 2.11 bits per heavy atom. The van der Waals surface area contributed by atoms with Crippen LogP contribution >= 0.6 is 11.3 Å². The molecule has 0 aliphatic heterocycles. The molecule has 0 unspecified atom stereocenters. The number of aryl methyl sites for hydroxylation is 1. The second kappa shape index (κ2) is 4.31. The van der Waals surface area contributed by atoms with Gasteiger partial charge in [0.25, 0.3) is 0 Å². The number of nitrogen functional groups attached to an aromatic ring is 1. The largest absolute Gasteiger partial charge is 0.396 e. The van der Waals surface area contributed by atoms with E-state index >= 15 is 0 Å². The SMILES string of the molecule is Cc1cnc(Nc2ccc3sccc3c2)c(N)c1. The molecule has 0 bridgehead atoms. The Kier molecular flexibility index (Phi) is 2.64. The number of rotatable bonds is 2. The van der Waals surface area contributed by atoms with Crippen LogP contribution in [0.4, 0.5) is 17.2 Å². The molecule has 0 radical (unpaired) electrons. The molecule has 1 aromatic carbocycles. The molecular formula is C14H13N3S. The van der Waals surface area contributed by atoms with E-state index in [1.54, 1.807) is 11.3 Å². The molecule has 2 aromatic heterocycles. The standard InChI is InChI=1S/C14H13N3S/c1-9-6-12(15)14(16-8-9)17-11-2-3-13-10(7-11)4-5-18-13/h2-8H,15H2,1H3,(H,16,17). The normalized spacial score (nSPS) is 10.7. The summed E-state index contributed by atoms with van der Waals surface area (Å²) >= 11 is 1.74. The van der Waals surface area contributed by atoms with Gasteiger partial charge in [-0.25, -0.2) is 4.98 Å². The molecule has 3 nitrogen and oxygen atoms in total. The number of benzene rings is 1. The van der Waals surface area contributed by atoms with Crippen molar-refractivity contribution in [3.8, 4) is 0 Å². The molecule has 0 saturated heterocycles. The lowest BCUT2D eigenvalue weighted by molar-refractivity contribution is 1.26. The van der Waals surface area contributed by atoms with Gasteiger partial charge < -0.3 is 11.1 Å². The zero-order valence-corrected chi connectivity index (χ0v) is 10.8. The maximum Gasteiger partial charge on any atom is 0.153 e. The van der Waals surface area contributed by atoms with Gasteiger partial charge in [-0.15, -0.1) is 11.3 Å². The highest BCUT2D eigenvalue weighted by Crippen LogP contribution is 2.27. The van der Waals surface area contributed by atoms with Crippen molar-refractivity contribution in [2.45, 2.75) is 6.92 Å². The smallest absolute Gasteiger partial charge is 0.153 e. The molecule has 0 saturated carbocycles. The van der Waals surface area contributed by atoms with Crippen LogP contribution in [0.3, 0.4) is 0 Å². The highest BCUT2D eigenvalue weighted by Gasteiger charge is 2.03. The topological polar surface area (TPSA) is 50.9 Å². The molecule has 0 amide bonds. The van der Waals surface area contributed by atoms with Gasteiger partial charge in [-0.05, 0) is 53.6 Å². The number of nitrogens with zero attached hydrogens (tertiary/aromatic N) is 1. The minimum atomic E-state index is 0.667. The number of anilines is 3. The monoisotopic (exact) mass is 255 g/mol. The summed E-state index contributed by atoms with van der Waals surface area (Å²) in [4.78, 5) is 4.31. The predicted octanol–water partition coefficient (Wildman–Crippen LogP) is 3.93. The summed E-state index contributed by atoms with van der Waals surface area (Å²) in [6, 6.07) is 10.3. The van der Waals surface area contributed by atoms with Gasteiger partial charge in [0.15, 0.2) is 5.82 Å². The first-order chi connectivity index (χ1) is 8.72. The molecule has 0 atom stereocenters. The van der Waals surface area contributed by atoms with Crippen LogP contribution in [0.1, 0.15) is 5.56 Å². The third kappa shape index (κ3) is 2.02. The number of nitrogens with two attached hydrogens (primary N) is 1. The van der Waals surface area contributed by atoms with Crippen molar-refractivity contribution >= 4 is 38.6 Å². The molecule has 0 spiro atoms. The van der Waals surface area contributed by atoms with Crippen molar-refractivity contribution in [1.82, 2.24) is 4.98 Å². The van der Waals surface area contributed by atoms with Gasteiger partial charge in [-0.3, -0.25) is 0 Å². The zero-order valence-electron chi connectivity index (χ0n) is 9.97. The van der Waals surface area contributed by atoms with E-state index in [2.05, 4.69) is 33.9 Å². The number of aromatic nitrogens is 1. The van der Waals surface area contributed by atoms with Crippen LogP contribution in [0.5, 0.6) is 0 Å². The van der Waals surface area contributed by atoms with Gasteiger partial charge in [0.1, 0.15) is 0 Å². The van der Waals surface area contributed by atoms with Gasteiger partial charge >= 0.3 is 0 Å². The number of nitrogens with one attached hydrogen (secondary N) is 1. The van der Waals surface area contributed by atoms with E-state index in [4.69, 9.17) is 5.73 Å². The lowest BCUT2D eigenvalue weighted by atomic mass is 10.2. The maximum atomic E-state index is 5.94. The van der Waals surface area contributed by atoms with Crippen LogP contribution in [-0.4, -0.2) is 4.98 Å². The molecule has 0 fully saturated rings. The lowest BCUT2D eigenvalue weighted by Crippen LogP contribution is -1.99. The highest BCUT2D eigenvalue weighted by molar-refractivity contribution is 7.17. The molecule has 4 heteroatoms. The number of fused-ring (bicyclic) bond motifs is 1. The summed E-state index contributed by atoms with van der Waals surface area (Å²) in [7, 11) is 0. The van der Waals surface area contributed by atoms with Crippen molar-refractivity contribution in [2.24, 2.45) is 0 Å². The average molecular weight is 255 g/mol. The van der Waals surface area contributed by atoms with Crippen molar-refractivity contribution in [3.05, 3.63) is 47.5 Å². The molecule has 0 aliphatic carbocycles. The van der Waals surface area contributed by atoms with Gasteiger partial charge in [-0.1, -0.05) is 0 Å². The average Bonchev–Trinajstić information content (AvgIpc) is 2.80. The summed E-state index contributed by atoms with van der Waals surface area (Å²) < 4.78 is 1.28. The fraction of sp³-hybridized carbons (Fsp3) is 0.0714. The molecule has 0 aliphatic rings. The molecule has 2 heterocycles. The Morgan fingerprint density at radius 3 is 2.94 bits per heavy atom. The van der Waals surface area contributed by atoms with Crippen molar-refractivity contribution < 1.29 is 0 Å². The zero-order chi connectivity index (χ0) is 12.5. The fourth-order valence-electron chi connectivity index (χ4n) is 1.88. The predicted molar refractivity (Wildman–Crippen MR) is 78.5 cm³/mol. The fourth-order valence-corrected chi connectivity index (χ4v) is 2.65. The molecule has 3 N–H and O–H groups in total. The Balaban J connectivity index is 1.95. The minimum absolute atomic E-state index is 0.667. The third-order valence-electron chi connectivity index (χ3n) is 2.77. The summed E-state index contributed by atoms with van der Waals surface area (Å²) in [5.74, 6) is 0.704. The lowest BCUT2D eigenvalue weighted by Gasteiger charge is -2.08. The summed E-state index contributed by atoms with van der Waals surface area (Å²) in [5, 5.41) is 6.57. The number of hydrogen-bond donors (Lipinski definition) is 2. The third-order valence-corrected chi connectivity index (χ3v) is 3.67. The molecule has 90 valence electrons. The number of thiophene rings is 1. The maximum absolute atomic E-state index is 5.94. The molecule has 3 aromatic rings. The second-order valence-corrected chi connectivity index (χ2v) is 5.20. The van der Waals surface area contributed by atoms with Crippen molar-refractivity contribution in [3.63, 3.8) is 0 Å². The first kappa shape index (κ1) is 11.0. The van der Waals surface area contributed by atoms with Crippen LogP contribution < -0.4 is 11.1 Å². The van der Waals surface area contributed by atoms with E-state index in [1.807, 2.05) is 25.3 Å². The van der Waals surface area contributed by atoms with E-state index in [0.29, 0.717) is 11.5 Å². The van der Waals surface area contributed by atoms with Gasteiger partial charge in [0, 0.05) is 16.6 Å². The summed E-state index contributed by atoms with van der Waals surface area (Å²) in [5.41, 5.74) is 8.67. The van der Waals surface area contributed by atoms with Gasteiger partial charge in [-0.2, -0.15) is 0 Å². The van der Waals surface area contributed by atoms with Crippen LogP contribution in [0, 0.1) is 6.92 Å². The summed E-state index contributed by atoms with van der Waals surface area (Å²) in [6.07, 6.45) is 1.81. The quantitative estimate of drug-likeness (QED) is 0.729. The van der Waals surface area contributed by atoms with E-state index < -0.39 is 0 Å². The first-order valence-corrected chi connectivity index (χ1v) is 6.57. The number of pyridine rings is 1. The molecule has 18 heavy (non-hydrogen) atoms. The van der Waals surface area contributed by atoms with Gasteiger partial charge in [0.05, 0.1) is 5.69 Å². The first-order valence-electron chi connectivity index (χ1n) is 5.69. The van der Waals surface area contributed by atoms with Crippen LogP contribution in [-0.2, 0) is 0 Å². The van der Waals surface area contributed by atoms with Crippen LogP contribution in [0.2, 0.25) is 0 Å². The summed E-state index contributed by atoms with van der Waals surface area (Å²) in [6.45, 7) is 1.98. The highest BCUT2D eigenvalue weighted by atomic mass is 32.1. The Bertz CT molecular complexity index is 703. The van der Waals surface area contributed by atoms with E-state index in [-0.39, 0.29) is 0 Å². The van der Waals surface area contributed by atoms with Crippen LogP contribution in [0.15, 0.2) is 41.9 Å². The van der Waals surface area contributed by atoms with Crippen LogP contribution in [0.25, 0.3) is 10.1 Å². The second-order valence-electron chi connectivity index (χ2n) is 4.25. The van der Waals surface area contributed by atoms with E-state index in [0.717, 1.165) is 11.3 Å². The Labute approximate surface area is 109 Å². The molecular weight excluding hydrogens is 242 g/mol. The van der Waals surface area contributed by atoms with Crippen molar-refractivity contribution in [1.29, 1.82) is 0 Å². The Hall–Kier alpha value is -2.07.